The summed E-state index contributed by atoms with van der Waals surface area (Å²) in [4.78, 5) is 0. The third-order valence-corrected chi connectivity index (χ3v) is 15.4. The van der Waals surface area contributed by atoms with Crippen LogP contribution in [0, 0.1) is 29.1 Å². The second kappa shape index (κ2) is 11.6. The lowest BCUT2D eigenvalue weighted by Crippen LogP contribution is -2.45. The second-order valence-corrected chi connectivity index (χ2v) is 19.8. The summed E-state index contributed by atoms with van der Waals surface area (Å²) in [6.45, 7) is 28.8. The fourth-order valence-electron chi connectivity index (χ4n) is 7.71. The van der Waals surface area contributed by atoms with Crippen LogP contribution in [0.1, 0.15) is 126 Å². The van der Waals surface area contributed by atoms with Crippen molar-refractivity contribution >= 4 is 8.32 Å². The van der Waals surface area contributed by atoms with Crippen LogP contribution < -0.4 is 0 Å². The molecule has 2 heteroatoms. The van der Waals surface area contributed by atoms with E-state index in [1.807, 2.05) is 0 Å². The highest BCUT2D eigenvalue weighted by Gasteiger charge is 2.50. The van der Waals surface area contributed by atoms with E-state index in [4.69, 9.17) is 4.43 Å². The van der Waals surface area contributed by atoms with Crippen molar-refractivity contribution < 1.29 is 4.43 Å². The summed E-state index contributed by atoms with van der Waals surface area (Å²) >= 11 is 0. The van der Waals surface area contributed by atoms with Crippen LogP contribution in [0.5, 0.6) is 0 Å². The first-order valence-electron chi connectivity index (χ1n) is 15.4. The quantitative estimate of drug-likeness (QED) is 0.294. The van der Waals surface area contributed by atoms with Crippen molar-refractivity contribution in [3.63, 3.8) is 0 Å². The van der Waals surface area contributed by atoms with Crippen LogP contribution in [-0.4, -0.2) is 14.4 Å². The van der Waals surface area contributed by atoms with Gasteiger partial charge in [0.1, 0.15) is 0 Å². The normalized spacial score (nSPS) is 33.2. The van der Waals surface area contributed by atoms with Gasteiger partial charge in [0, 0.05) is 0 Å². The van der Waals surface area contributed by atoms with Gasteiger partial charge in [0.05, 0.1) is 6.10 Å². The smallest absolute Gasteiger partial charge is 0.192 e. The van der Waals surface area contributed by atoms with Gasteiger partial charge in [-0.05, 0) is 122 Å². The Morgan fingerprint density at radius 1 is 1.08 bits per heavy atom. The molecule has 0 radical (unpaired) electrons. The van der Waals surface area contributed by atoms with Gasteiger partial charge in [0.25, 0.3) is 0 Å². The van der Waals surface area contributed by atoms with Gasteiger partial charge in [0.2, 0.25) is 0 Å². The average Bonchev–Trinajstić information content (AvgIpc) is 3.12. The molecule has 0 aliphatic heterocycles. The second-order valence-electron chi connectivity index (χ2n) is 15.1. The standard InChI is InChI=1S/C34H60OSi/c1-24(2)15-12-16-25(3)30-20-21-31-28(17-14-22-34(30,31)9)23-26(4)29-18-13-19-32(27(29)5)35-36(10,11)33(6,7)8/h23-25,30-32H,5,12-22H2,1-4,6-11H3/b28-23+,29-26-/t25-,30-,31+,32+,34-/m1/s1. The summed E-state index contributed by atoms with van der Waals surface area (Å²) in [5.41, 5.74) is 6.52. The van der Waals surface area contributed by atoms with Crippen molar-refractivity contribution in [2.24, 2.45) is 29.1 Å². The lowest BCUT2D eigenvalue weighted by molar-refractivity contribution is 0.0928. The molecular formula is C34H60OSi. The van der Waals surface area contributed by atoms with Gasteiger partial charge in [0.15, 0.2) is 8.32 Å². The molecule has 5 atom stereocenters. The molecule has 0 unspecified atom stereocenters. The number of allylic oxidation sites excluding steroid dienone is 3. The Bertz CT molecular complexity index is 838. The van der Waals surface area contributed by atoms with Crippen molar-refractivity contribution in [1.29, 1.82) is 0 Å². The molecule has 3 saturated carbocycles. The van der Waals surface area contributed by atoms with Crippen LogP contribution in [-0.2, 0) is 4.43 Å². The van der Waals surface area contributed by atoms with Gasteiger partial charge in [-0.15, -0.1) is 0 Å². The minimum atomic E-state index is -1.80. The third-order valence-electron chi connectivity index (χ3n) is 11.0. The maximum Gasteiger partial charge on any atom is 0.192 e. The molecule has 3 aliphatic carbocycles. The van der Waals surface area contributed by atoms with Gasteiger partial charge >= 0.3 is 0 Å². The first-order chi connectivity index (χ1) is 16.7. The molecule has 0 aromatic rings. The Morgan fingerprint density at radius 3 is 2.42 bits per heavy atom. The van der Waals surface area contributed by atoms with Crippen LogP contribution in [0.3, 0.4) is 0 Å². The fourth-order valence-corrected chi connectivity index (χ4v) is 9.03. The van der Waals surface area contributed by atoms with E-state index in [0.29, 0.717) is 5.41 Å². The van der Waals surface area contributed by atoms with Crippen LogP contribution in [0.4, 0.5) is 0 Å². The Kier molecular flexibility index (Phi) is 9.69. The van der Waals surface area contributed by atoms with Gasteiger partial charge in [-0.2, -0.15) is 0 Å². The average molecular weight is 513 g/mol. The van der Waals surface area contributed by atoms with E-state index in [9.17, 15) is 0 Å². The molecule has 0 saturated heterocycles. The van der Waals surface area contributed by atoms with Gasteiger partial charge in [-0.25, -0.2) is 0 Å². The van der Waals surface area contributed by atoms with E-state index in [-0.39, 0.29) is 11.1 Å². The van der Waals surface area contributed by atoms with E-state index in [2.05, 4.69) is 81.1 Å². The van der Waals surface area contributed by atoms with Gasteiger partial charge < -0.3 is 4.43 Å². The van der Waals surface area contributed by atoms with Crippen LogP contribution >= 0.6 is 0 Å². The monoisotopic (exact) mass is 512 g/mol. The number of hydrogen-bond acceptors (Lipinski definition) is 1. The molecule has 0 aromatic heterocycles. The molecule has 36 heavy (non-hydrogen) atoms. The van der Waals surface area contributed by atoms with E-state index in [1.54, 1.807) is 5.57 Å². The Hall–Kier alpha value is -0.603. The topological polar surface area (TPSA) is 9.23 Å². The Balaban J connectivity index is 1.77. The van der Waals surface area contributed by atoms with Crippen molar-refractivity contribution in [2.45, 2.75) is 150 Å². The molecule has 206 valence electrons. The summed E-state index contributed by atoms with van der Waals surface area (Å²) in [5.74, 6) is 3.39. The summed E-state index contributed by atoms with van der Waals surface area (Å²) in [6.07, 6.45) is 17.5. The zero-order valence-electron chi connectivity index (χ0n) is 25.9. The highest BCUT2D eigenvalue weighted by Crippen LogP contribution is 2.60. The van der Waals surface area contributed by atoms with Crippen molar-refractivity contribution in [3.05, 3.63) is 34.9 Å². The molecule has 1 nitrogen and oxygen atoms in total. The van der Waals surface area contributed by atoms with E-state index < -0.39 is 8.32 Å². The molecule has 0 bridgehead atoms. The molecule has 0 heterocycles. The molecule has 0 amide bonds. The first-order valence-corrected chi connectivity index (χ1v) is 18.4. The minimum Gasteiger partial charge on any atom is -0.410 e. The molecule has 3 aliphatic rings. The lowest BCUT2D eigenvalue weighted by atomic mass is 9.60. The number of rotatable bonds is 8. The predicted octanol–water partition coefficient (Wildman–Crippen LogP) is 11.0. The molecule has 0 aromatic carbocycles. The SMILES string of the molecule is C=C1/C(=C(C)\C=C2/CCC[C@]3(C)[C@@H]([C@H](C)CCCC(C)C)CC[C@@H]23)CCC[C@@H]1O[Si](C)(C)C(C)(C)C. The van der Waals surface area contributed by atoms with Gasteiger partial charge in [-0.1, -0.05) is 86.0 Å². The third kappa shape index (κ3) is 6.51. The zero-order valence-corrected chi connectivity index (χ0v) is 26.9. The largest absolute Gasteiger partial charge is 0.410 e. The highest BCUT2D eigenvalue weighted by molar-refractivity contribution is 6.74. The number of hydrogen-bond donors (Lipinski definition) is 0. The molecule has 0 N–H and O–H groups in total. The van der Waals surface area contributed by atoms with Crippen LogP contribution in [0.25, 0.3) is 0 Å². The van der Waals surface area contributed by atoms with E-state index in [0.717, 1.165) is 30.1 Å². The Morgan fingerprint density at radius 2 is 1.78 bits per heavy atom. The number of fused-ring (bicyclic) bond motifs is 1. The zero-order chi connectivity index (χ0) is 26.9. The maximum absolute atomic E-state index is 6.88. The van der Waals surface area contributed by atoms with Crippen molar-refractivity contribution in [2.75, 3.05) is 0 Å². The summed E-state index contributed by atoms with van der Waals surface area (Å²) < 4.78 is 6.88. The minimum absolute atomic E-state index is 0.210. The Labute approximate surface area is 226 Å². The van der Waals surface area contributed by atoms with Gasteiger partial charge in [-0.3, -0.25) is 0 Å². The molecular weight excluding hydrogens is 452 g/mol. The molecule has 3 rings (SSSR count). The van der Waals surface area contributed by atoms with Crippen molar-refractivity contribution in [3.8, 4) is 0 Å². The first kappa shape index (κ1) is 29.9. The molecule has 3 fully saturated rings. The summed E-state index contributed by atoms with van der Waals surface area (Å²) in [6, 6.07) is 0. The van der Waals surface area contributed by atoms with E-state index >= 15 is 0 Å². The van der Waals surface area contributed by atoms with Crippen molar-refractivity contribution in [1.82, 2.24) is 0 Å². The summed E-state index contributed by atoms with van der Waals surface area (Å²) in [7, 11) is -1.80. The van der Waals surface area contributed by atoms with E-state index in [1.165, 1.54) is 80.9 Å². The molecule has 0 spiro atoms. The predicted molar refractivity (Wildman–Crippen MR) is 162 cm³/mol. The highest BCUT2D eigenvalue weighted by atomic mass is 28.4. The maximum atomic E-state index is 6.88. The fraction of sp³-hybridized carbons (Fsp3) is 0.824. The van der Waals surface area contributed by atoms with Crippen LogP contribution in [0.2, 0.25) is 18.1 Å². The van der Waals surface area contributed by atoms with Crippen LogP contribution in [0.15, 0.2) is 34.9 Å². The lowest BCUT2D eigenvalue weighted by Gasteiger charge is -2.44. The summed E-state index contributed by atoms with van der Waals surface area (Å²) in [5, 5.41) is 0.239.